The highest BCUT2D eigenvalue weighted by Gasteiger charge is 2.21. The lowest BCUT2D eigenvalue weighted by Crippen LogP contribution is -2.02. The second-order valence-electron chi connectivity index (χ2n) is 2.26. The first-order valence-electron chi connectivity index (χ1n) is 3.32. The summed E-state index contributed by atoms with van der Waals surface area (Å²) in [6.45, 7) is 0. The van der Waals surface area contributed by atoms with Crippen LogP contribution in [0.5, 0.6) is 0 Å². The minimum atomic E-state index is -0.567. The van der Waals surface area contributed by atoms with Crippen molar-refractivity contribution in [2.75, 3.05) is 12.8 Å². The molecular formula is C7H7BrFN2O2+. The average Bonchev–Trinajstić information content (AvgIpc) is 2.10. The summed E-state index contributed by atoms with van der Waals surface area (Å²) < 4.78 is 13.1. The van der Waals surface area contributed by atoms with Gasteiger partial charge < -0.3 is 5.73 Å². The number of hydrogen-bond donors (Lipinski definition) is 1. The molecule has 1 rings (SSSR count). The summed E-state index contributed by atoms with van der Waals surface area (Å²) in [6, 6.07) is 2.30. The molecule has 2 N–H and O–H groups in total. The zero-order valence-corrected chi connectivity index (χ0v) is 8.34. The third-order valence-electron chi connectivity index (χ3n) is 1.43. The maximum Gasteiger partial charge on any atom is 0.342 e. The van der Waals surface area contributed by atoms with E-state index in [-0.39, 0.29) is 20.8 Å². The van der Waals surface area contributed by atoms with Gasteiger partial charge in [-0.15, -0.1) is 0 Å². The van der Waals surface area contributed by atoms with Gasteiger partial charge in [0.25, 0.3) is 4.92 Å². The van der Waals surface area contributed by atoms with Crippen LogP contribution in [0.3, 0.4) is 0 Å². The number of nitrogens with zero attached hydrogens (tertiary/aromatic N) is 1. The lowest BCUT2D eigenvalue weighted by molar-refractivity contribution is -0.736. The molecule has 0 aliphatic rings. The zero-order chi connectivity index (χ0) is 10.0. The number of rotatable bonds is 2. The topological polar surface area (TPSA) is 55.3 Å². The van der Waals surface area contributed by atoms with Crippen molar-refractivity contribution in [3.63, 3.8) is 0 Å². The normalized spacial score (nSPS) is 9.77. The number of nitrogen functional groups attached to an aromatic ring is 1. The molecule has 6 heteroatoms. The van der Waals surface area contributed by atoms with Gasteiger partial charge in [-0.1, -0.05) is 0 Å². The molecule has 0 amide bonds. The second-order valence-corrected chi connectivity index (χ2v) is 3.12. The first-order valence-corrected chi connectivity index (χ1v) is 4.11. The van der Waals surface area contributed by atoms with Crippen LogP contribution in [-0.4, -0.2) is 12.0 Å². The number of anilines is 1. The Morgan fingerprint density at radius 1 is 1.62 bits per heavy atom. The molecule has 4 nitrogen and oxygen atoms in total. The number of halogens is 2. The number of hydrogen-bond acceptors (Lipinski definition) is 3. The fourth-order valence-corrected chi connectivity index (χ4v) is 1.17. The van der Waals surface area contributed by atoms with Gasteiger partial charge in [-0.05, 0) is 22.0 Å². The molecule has 0 fully saturated rings. The molecule has 0 bridgehead atoms. The van der Waals surface area contributed by atoms with E-state index >= 15 is 0 Å². The van der Waals surface area contributed by atoms with E-state index in [9.17, 15) is 9.30 Å². The van der Waals surface area contributed by atoms with Gasteiger partial charge in [-0.25, -0.2) is 9.23 Å². The summed E-state index contributed by atoms with van der Waals surface area (Å²) >= 11 is 2.93. The van der Waals surface area contributed by atoms with Crippen molar-refractivity contribution in [3.05, 3.63) is 27.3 Å². The minimum Gasteiger partial charge on any atom is -0.393 e. The smallest absolute Gasteiger partial charge is 0.342 e. The highest BCUT2D eigenvalue weighted by atomic mass is 79.9. The van der Waals surface area contributed by atoms with Gasteiger partial charge >= 0.3 is 5.69 Å². The van der Waals surface area contributed by atoms with Gasteiger partial charge in [0, 0.05) is 0 Å². The maximum atomic E-state index is 12.9. The Hall–Kier alpha value is -1.17. The monoisotopic (exact) mass is 249 g/mol. The van der Waals surface area contributed by atoms with Gasteiger partial charge in [-0.2, -0.15) is 0 Å². The quantitative estimate of drug-likeness (QED) is 0.646. The molecule has 0 aliphatic carbocycles. The van der Waals surface area contributed by atoms with Crippen LogP contribution in [0.1, 0.15) is 0 Å². The Balaban J connectivity index is 3.23. The Bertz CT molecular complexity index is 357. The summed E-state index contributed by atoms with van der Waals surface area (Å²) in [5, 5.41) is 0. The number of benzene rings is 1. The average molecular weight is 250 g/mol. The van der Waals surface area contributed by atoms with Crippen LogP contribution < -0.4 is 5.73 Å². The van der Waals surface area contributed by atoms with Crippen LogP contribution in [0.25, 0.3) is 0 Å². The molecule has 0 atom stereocenters. The second kappa shape index (κ2) is 3.69. The fraction of sp³-hybridized carbons (Fsp3) is 0.143. The Kier molecular flexibility index (Phi) is 2.82. The summed E-state index contributed by atoms with van der Waals surface area (Å²) in [7, 11) is 1.17. The first-order chi connectivity index (χ1) is 6.06. The van der Waals surface area contributed by atoms with E-state index in [4.69, 9.17) is 5.73 Å². The molecule has 0 saturated heterocycles. The van der Waals surface area contributed by atoms with Crippen molar-refractivity contribution in [2.45, 2.75) is 0 Å². The van der Waals surface area contributed by atoms with Crippen molar-refractivity contribution in [3.8, 4) is 0 Å². The van der Waals surface area contributed by atoms with E-state index in [1.54, 1.807) is 0 Å². The Morgan fingerprint density at radius 2 is 2.23 bits per heavy atom. The van der Waals surface area contributed by atoms with Crippen molar-refractivity contribution in [1.29, 1.82) is 0 Å². The third kappa shape index (κ3) is 1.95. The lowest BCUT2D eigenvalue weighted by atomic mass is 10.3. The van der Waals surface area contributed by atoms with Crippen LogP contribution >= 0.6 is 15.9 Å². The molecule has 0 aliphatic heterocycles. The Morgan fingerprint density at radius 3 is 2.77 bits per heavy atom. The van der Waals surface area contributed by atoms with Gasteiger partial charge in [0.05, 0.1) is 15.4 Å². The van der Waals surface area contributed by atoms with Gasteiger partial charge in [0.2, 0.25) is 0 Å². The summed E-state index contributed by atoms with van der Waals surface area (Å²) in [4.78, 5) is 15.4. The van der Waals surface area contributed by atoms with Gasteiger partial charge in [0.15, 0.2) is 7.11 Å². The molecule has 0 heterocycles. The molecule has 0 spiro atoms. The predicted octanol–water partition coefficient (Wildman–Crippen LogP) is 2.14. The van der Waals surface area contributed by atoms with Crippen LogP contribution in [0, 0.1) is 10.7 Å². The van der Waals surface area contributed by atoms with E-state index in [0.29, 0.717) is 0 Å². The number of nitrogens with two attached hydrogens (primary N) is 1. The van der Waals surface area contributed by atoms with E-state index in [1.165, 1.54) is 13.2 Å². The Labute approximate surface area is 82.1 Å². The molecule has 0 radical (unpaired) electrons. The van der Waals surface area contributed by atoms with Crippen LogP contribution in [0.2, 0.25) is 0 Å². The van der Waals surface area contributed by atoms with Crippen LogP contribution in [0.4, 0.5) is 15.8 Å². The minimum absolute atomic E-state index is 0.0526. The van der Waals surface area contributed by atoms with Crippen LogP contribution in [0.15, 0.2) is 16.6 Å². The van der Waals surface area contributed by atoms with Crippen molar-refractivity contribution in [2.24, 2.45) is 0 Å². The molecule has 0 unspecified atom stereocenters. The lowest BCUT2D eigenvalue weighted by Gasteiger charge is -1.96. The maximum absolute atomic E-state index is 12.9. The standard InChI is InChI=1S/C7H7BrFN2O2/c1-13-11(12)7-3-5(9)4(8)2-6(7)10/h2-3H,10H2,1H3/q+1. The van der Waals surface area contributed by atoms with E-state index < -0.39 is 5.82 Å². The van der Waals surface area contributed by atoms with Crippen molar-refractivity contribution < 1.29 is 14.2 Å². The predicted molar refractivity (Wildman–Crippen MR) is 48.8 cm³/mol. The molecule has 1 aromatic carbocycles. The zero-order valence-electron chi connectivity index (χ0n) is 6.75. The highest BCUT2D eigenvalue weighted by molar-refractivity contribution is 9.10. The van der Waals surface area contributed by atoms with Gasteiger partial charge in [-0.3, -0.25) is 0 Å². The van der Waals surface area contributed by atoms with Gasteiger partial charge in [0.1, 0.15) is 11.5 Å². The largest absolute Gasteiger partial charge is 0.393 e. The van der Waals surface area contributed by atoms with E-state index in [1.807, 2.05) is 0 Å². The SMILES string of the molecule is CO[N+](=O)c1cc(F)c(Br)cc1N. The molecule has 13 heavy (non-hydrogen) atoms. The van der Waals surface area contributed by atoms with E-state index in [2.05, 4.69) is 20.8 Å². The third-order valence-corrected chi connectivity index (χ3v) is 2.04. The van der Waals surface area contributed by atoms with E-state index in [0.717, 1.165) is 6.07 Å². The molecule has 0 aromatic heterocycles. The summed E-state index contributed by atoms with van der Waals surface area (Å²) in [5.41, 5.74) is 5.54. The fourth-order valence-electron chi connectivity index (χ4n) is 0.808. The first kappa shape index (κ1) is 9.91. The molecule has 70 valence electrons. The highest BCUT2D eigenvalue weighted by Crippen LogP contribution is 2.28. The summed E-state index contributed by atoms with van der Waals surface area (Å²) in [5.74, 6) is -0.567. The molecule has 1 aromatic rings. The summed E-state index contributed by atoms with van der Waals surface area (Å²) in [6.07, 6.45) is 0. The molecular weight excluding hydrogens is 243 g/mol. The molecule has 0 saturated carbocycles. The van der Waals surface area contributed by atoms with Crippen molar-refractivity contribution >= 4 is 27.3 Å². The van der Waals surface area contributed by atoms with Crippen LogP contribution in [-0.2, 0) is 4.84 Å². The van der Waals surface area contributed by atoms with Crippen molar-refractivity contribution in [1.82, 2.24) is 0 Å².